The first-order valence-corrected chi connectivity index (χ1v) is 10.6. The molecule has 0 saturated carbocycles. The molecule has 0 radical (unpaired) electrons. The molecule has 158 valence electrons. The van der Waals surface area contributed by atoms with Crippen molar-refractivity contribution in [2.24, 2.45) is 0 Å². The molecule has 0 aliphatic heterocycles. The number of carbonyl (C=O) groups is 2. The fourth-order valence-electron chi connectivity index (χ4n) is 3.61. The van der Waals surface area contributed by atoms with Gasteiger partial charge in [-0.1, -0.05) is 28.1 Å². The van der Waals surface area contributed by atoms with Crippen LogP contribution in [0.5, 0.6) is 0 Å². The fraction of sp³-hybridized carbons (Fsp3) is 0.0400. The van der Waals surface area contributed by atoms with E-state index in [2.05, 4.69) is 21.2 Å². The normalized spacial score (nSPS) is 11.2. The van der Waals surface area contributed by atoms with Crippen LogP contribution >= 0.6 is 15.9 Å². The van der Waals surface area contributed by atoms with Gasteiger partial charge in [-0.25, -0.2) is 4.39 Å². The van der Waals surface area contributed by atoms with Crippen molar-refractivity contribution in [3.05, 3.63) is 100 Å². The van der Waals surface area contributed by atoms with E-state index in [4.69, 9.17) is 8.83 Å². The Labute approximate surface area is 189 Å². The van der Waals surface area contributed by atoms with Gasteiger partial charge in [0.1, 0.15) is 17.0 Å². The number of furan rings is 2. The summed E-state index contributed by atoms with van der Waals surface area (Å²) in [5, 5.41) is 4.26. The lowest BCUT2D eigenvalue weighted by Crippen LogP contribution is -2.16. The van der Waals surface area contributed by atoms with Crippen molar-refractivity contribution in [3.63, 3.8) is 0 Å². The van der Waals surface area contributed by atoms with Gasteiger partial charge < -0.3 is 14.2 Å². The van der Waals surface area contributed by atoms with Gasteiger partial charge in [0.05, 0.1) is 18.4 Å². The van der Waals surface area contributed by atoms with Crippen molar-refractivity contribution < 1.29 is 22.8 Å². The van der Waals surface area contributed by atoms with Crippen LogP contribution in [0.25, 0.3) is 21.9 Å². The van der Waals surface area contributed by atoms with E-state index < -0.39 is 11.6 Å². The maximum absolute atomic E-state index is 13.3. The average Bonchev–Trinajstić information content (AvgIpc) is 3.35. The Bertz CT molecular complexity index is 1480. The second-order valence-electron chi connectivity index (χ2n) is 7.26. The summed E-state index contributed by atoms with van der Waals surface area (Å²) in [6, 6.07) is 17.8. The van der Waals surface area contributed by atoms with Gasteiger partial charge in [0.2, 0.25) is 11.7 Å². The molecule has 5 nitrogen and oxygen atoms in total. The minimum atomic E-state index is -0.450. The molecular formula is C25H15BrFNO4. The molecule has 2 aromatic heterocycles. The molecule has 5 rings (SSSR count). The number of para-hydroxylation sites is 1. The molecule has 0 unspecified atom stereocenters. The zero-order chi connectivity index (χ0) is 22.2. The monoisotopic (exact) mass is 491 g/mol. The molecule has 2 heterocycles. The van der Waals surface area contributed by atoms with Crippen LogP contribution in [0.2, 0.25) is 0 Å². The van der Waals surface area contributed by atoms with E-state index in [0.29, 0.717) is 16.6 Å². The van der Waals surface area contributed by atoms with Gasteiger partial charge in [-0.2, -0.15) is 0 Å². The van der Waals surface area contributed by atoms with E-state index in [1.807, 2.05) is 18.2 Å². The number of hydrogen-bond donors (Lipinski definition) is 1. The molecule has 0 aliphatic rings. The summed E-state index contributed by atoms with van der Waals surface area (Å²) < 4.78 is 25.5. The molecule has 0 aliphatic carbocycles. The summed E-state index contributed by atoms with van der Waals surface area (Å²) in [7, 11) is 0. The third-order valence-corrected chi connectivity index (χ3v) is 5.63. The first-order chi connectivity index (χ1) is 15.5. The predicted octanol–water partition coefficient (Wildman–Crippen LogP) is 6.49. The highest BCUT2D eigenvalue weighted by molar-refractivity contribution is 9.10. The summed E-state index contributed by atoms with van der Waals surface area (Å²) in [4.78, 5) is 26.0. The SMILES string of the molecule is O=C(Cc1coc2ccc(Br)cc12)Nc1c(C(=O)c2ccc(F)cc2)oc2ccccc12. The van der Waals surface area contributed by atoms with E-state index in [9.17, 15) is 14.0 Å². The number of hydrogen-bond acceptors (Lipinski definition) is 4. The Kier molecular flexibility index (Phi) is 5.11. The van der Waals surface area contributed by atoms with E-state index in [-0.39, 0.29) is 29.3 Å². The highest BCUT2D eigenvalue weighted by Gasteiger charge is 2.24. The Hall–Kier alpha value is -3.71. The van der Waals surface area contributed by atoms with Crippen LogP contribution < -0.4 is 5.32 Å². The van der Waals surface area contributed by atoms with Gasteiger partial charge in [0, 0.05) is 26.4 Å². The van der Waals surface area contributed by atoms with Crippen LogP contribution in [0.3, 0.4) is 0 Å². The van der Waals surface area contributed by atoms with Crippen LogP contribution in [0.4, 0.5) is 10.1 Å². The Morgan fingerprint density at radius 3 is 2.53 bits per heavy atom. The van der Waals surface area contributed by atoms with Crippen LogP contribution in [0.15, 0.2) is 86.3 Å². The predicted molar refractivity (Wildman–Crippen MR) is 122 cm³/mol. The summed E-state index contributed by atoms with van der Waals surface area (Å²) >= 11 is 3.43. The van der Waals surface area contributed by atoms with Crippen molar-refractivity contribution in [3.8, 4) is 0 Å². The Morgan fingerprint density at radius 2 is 1.72 bits per heavy atom. The molecular weight excluding hydrogens is 477 g/mol. The standard InChI is InChI=1S/C25H15BrFNO4/c26-16-7-10-20-19(12-16)15(13-31-20)11-22(29)28-23-18-3-1-2-4-21(18)32-25(23)24(30)14-5-8-17(27)9-6-14/h1-10,12-13H,11H2,(H,28,29). The number of anilines is 1. The highest BCUT2D eigenvalue weighted by atomic mass is 79.9. The quantitative estimate of drug-likeness (QED) is 0.285. The molecule has 0 spiro atoms. The molecule has 0 bridgehead atoms. The van der Waals surface area contributed by atoms with Crippen LogP contribution in [0.1, 0.15) is 21.7 Å². The number of fused-ring (bicyclic) bond motifs is 2. The van der Waals surface area contributed by atoms with Crippen molar-refractivity contribution in [2.75, 3.05) is 5.32 Å². The Morgan fingerprint density at radius 1 is 0.938 bits per heavy atom. The van der Waals surface area contributed by atoms with Gasteiger partial charge in [-0.3, -0.25) is 9.59 Å². The second-order valence-corrected chi connectivity index (χ2v) is 8.18. The fourth-order valence-corrected chi connectivity index (χ4v) is 3.97. The maximum atomic E-state index is 13.3. The smallest absolute Gasteiger partial charge is 0.230 e. The number of rotatable bonds is 5. The van der Waals surface area contributed by atoms with E-state index >= 15 is 0 Å². The molecule has 0 fully saturated rings. The van der Waals surface area contributed by atoms with Crippen LogP contribution in [-0.2, 0) is 11.2 Å². The first-order valence-electron chi connectivity index (χ1n) is 9.77. The maximum Gasteiger partial charge on any atom is 0.230 e. The zero-order valence-corrected chi connectivity index (χ0v) is 18.1. The van der Waals surface area contributed by atoms with Crippen molar-refractivity contribution in [1.82, 2.24) is 0 Å². The topological polar surface area (TPSA) is 72.5 Å². The third-order valence-electron chi connectivity index (χ3n) is 5.14. The number of amides is 1. The highest BCUT2D eigenvalue weighted by Crippen LogP contribution is 2.33. The van der Waals surface area contributed by atoms with E-state index in [1.54, 1.807) is 30.5 Å². The van der Waals surface area contributed by atoms with Crippen LogP contribution in [-0.4, -0.2) is 11.7 Å². The average molecular weight is 492 g/mol. The Balaban J connectivity index is 1.49. The largest absolute Gasteiger partial charge is 0.464 e. The number of nitrogens with one attached hydrogen (secondary N) is 1. The summed E-state index contributed by atoms with van der Waals surface area (Å²) in [6.45, 7) is 0. The van der Waals surface area contributed by atoms with Gasteiger partial charge in [0.25, 0.3) is 0 Å². The third kappa shape index (κ3) is 3.71. The first kappa shape index (κ1) is 20.2. The second kappa shape index (κ2) is 8.09. The van der Waals surface area contributed by atoms with Crippen LogP contribution in [0, 0.1) is 5.82 Å². The molecule has 3 aromatic carbocycles. The summed E-state index contributed by atoms with van der Waals surface area (Å²) in [6.07, 6.45) is 1.60. The van der Waals surface area contributed by atoms with Gasteiger partial charge >= 0.3 is 0 Å². The number of halogens is 2. The van der Waals surface area contributed by atoms with Crippen molar-refractivity contribution >= 4 is 55.2 Å². The number of carbonyl (C=O) groups excluding carboxylic acids is 2. The van der Waals surface area contributed by atoms with Crippen molar-refractivity contribution in [2.45, 2.75) is 6.42 Å². The molecule has 7 heteroatoms. The van der Waals surface area contributed by atoms with E-state index in [1.165, 1.54) is 24.3 Å². The van der Waals surface area contributed by atoms with E-state index in [0.717, 1.165) is 15.4 Å². The number of benzene rings is 3. The van der Waals surface area contributed by atoms with Gasteiger partial charge in [-0.05, 0) is 54.6 Å². The lowest BCUT2D eigenvalue weighted by molar-refractivity contribution is -0.115. The van der Waals surface area contributed by atoms with Gasteiger partial charge in [-0.15, -0.1) is 0 Å². The summed E-state index contributed by atoms with van der Waals surface area (Å²) in [5.41, 5.74) is 2.40. The molecule has 5 aromatic rings. The van der Waals surface area contributed by atoms with Gasteiger partial charge in [0.15, 0.2) is 5.76 Å². The molecule has 32 heavy (non-hydrogen) atoms. The molecule has 1 amide bonds. The number of ketones is 1. The van der Waals surface area contributed by atoms with Crippen molar-refractivity contribution in [1.29, 1.82) is 0 Å². The zero-order valence-electron chi connectivity index (χ0n) is 16.5. The molecule has 1 N–H and O–H groups in total. The molecule has 0 saturated heterocycles. The lowest BCUT2D eigenvalue weighted by Gasteiger charge is -2.06. The summed E-state index contributed by atoms with van der Waals surface area (Å²) in [5.74, 6) is -1.23. The minimum Gasteiger partial charge on any atom is -0.464 e. The minimum absolute atomic E-state index is 0.00838. The molecule has 0 atom stereocenters. The lowest BCUT2D eigenvalue weighted by atomic mass is 10.1.